The van der Waals surface area contributed by atoms with Gasteiger partial charge >= 0.3 is 0 Å². The molecule has 0 atom stereocenters. The SMILES string of the molecule is Cc1ccc2c(c1)c1cc(C)ccc1n2-c1ccc(-c2nc(C)nc(C)n2)cc1-c1ccc(-c2ccccc2C#N)cc1-n1c2ccc(C)cc2c2cc(C)ccc21. The summed E-state index contributed by atoms with van der Waals surface area (Å²) in [6.45, 7) is 12.4. The van der Waals surface area contributed by atoms with E-state index in [9.17, 15) is 5.26 Å². The van der Waals surface area contributed by atoms with Gasteiger partial charge in [-0.15, -0.1) is 0 Å². The van der Waals surface area contributed by atoms with Gasteiger partial charge in [-0.1, -0.05) is 76.9 Å². The Kier molecular flexibility index (Phi) is 8.10. The Morgan fingerprint density at radius 1 is 0.414 bits per heavy atom. The molecule has 10 rings (SSSR count). The van der Waals surface area contributed by atoms with Gasteiger partial charge in [0.15, 0.2) is 5.82 Å². The Bertz CT molecular complexity index is 3230. The average Bonchev–Trinajstić information content (AvgIpc) is 3.70. The van der Waals surface area contributed by atoms with E-state index >= 15 is 0 Å². The van der Waals surface area contributed by atoms with Crippen molar-refractivity contribution < 1.29 is 0 Å². The number of nitriles is 1. The molecule has 0 aliphatic rings. The summed E-state index contributed by atoms with van der Waals surface area (Å²) in [6, 6.07) is 50.5. The van der Waals surface area contributed by atoms with Crippen molar-refractivity contribution in [1.82, 2.24) is 24.1 Å². The van der Waals surface area contributed by atoms with Gasteiger partial charge in [-0.3, -0.25) is 0 Å². The monoisotopic (exact) mass is 748 g/mol. The molecule has 58 heavy (non-hydrogen) atoms. The maximum Gasteiger partial charge on any atom is 0.163 e. The van der Waals surface area contributed by atoms with Crippen LogP contribution < -0.4 is 0 Å². The second kappa shape index (κ2) is 13.4. The molecule has 6 nitrogen and oxygen atoms in total. The topological polar surface area (TPSA) is 72.3 Å². The fourth-order valence-electron chi connectivity index (χ4n) is 8.80. The number of nitrogens with zero attached hydrogens (tertiary/aromatic N) is 6. The van der Waals surface area contributed by atoms with Gasteiger partial charge in [-0.2, -0.15) is 5.26 Å². The molecule has 0 bridgehead atoms. The highest BCUT2D eigenvalue weighted by atomic mass is 15.0. The summed E-state index contributed by atoms with van der Waals surface area (Å²) in [6.07, 6.45) is 0. The van der Waals surface area contributed by atoms with Crippen LogP contribution in [0.1, 0.15) is 39.5 Å². The summed E-state index contributed by atoms with van der Waals surface area (Å²) in [4.78, 5) is 14.2. The molecule has 0 aliphatic heterocycles. The number of fused-ring (bicyclic) bond motifs is 6. The van der Waals surface area contributed by atoms with E-state index in [1.807, 2.05) is 38.1 Å². The molecule has 0 amide bonds. The van der Waals surface area contributed by atoms with Crippen LogP contribution in [0.5, 0.6) is 0 Å². The quantitative estimate of drug-likeness (QED) is 0.176. The summed E-state index contributed by atoms with van der Waals surface area (Å²) in [5, 5.41) is 15.1. The van der Waals surface area contributed by atoms with E-state index < -0.39 is 0 Å². The molecule has 0 unspecified atom stereocenters. The molecule has 0 radical (unpaired) electrons. The lowest BCUT2D eigenvalue weighted by Gasteiger charge is -2.21. The van der Waals surface area contributed by atoms with Gasteiger partial charge in [0.2, 0.25) is 0 Å². The lowest BCUT2D eigenvalue weighted by molar-refractivity contribution is 0.928. The molecule has 0 saturated carbocycles. The maximum atomic E-state index is 10.3. The highest BCUT2D eigenvalue weighted by Crippen LogP contribution is 2.44. The van der Waals surface area contributed by atoms with Crippen LogP contribution in [0.25, 0.3) is 88.6 Å². The third kappa shape index (κ3) is 5.66. The van der Waals surface area contributed by atoms with E-state index in [0.29, 0.717) is 23.0 Å². The normalized spacial score (nSPS) is 11.6. The molecule has 6 heteroatoms. The fourth-order valence-corrected chi connectivity index (χ4v) is 8.80. The smallest absolute Gasteiger partial charge is 0.163 e. The second-order valence-corrected chi connectivity index (χ2v) is 15.6. The number of aromatic nitrogens is 5. The summed E-state index contributed by atoms with van der Waals surface area (Å²) in [5.74, 6) is 1.99. The first-order valence-electron chi connectivity index (χ1n) is 19.7. The van der Waals surface area contributed by atoms with Gasteiger partial charge in [0.25, 0.3) is 0 Å². The summed E-state index contributed by atoms with van der Waals surface area (Å²) >= 11 is 0. The maximum absolute atomic E-state index is 10.3. The first-order valence-corrected chi connectivity index (χ1v) is 19.7. The molecular weight excluding hydrogens is 709 g/mol. The highest BCUT2D eigenvalue weighted by molar-refractivity contribution is 6.12. The largest absolute Gasteiger partial charge is 0.309 e. The van der Waals surface area contributed by atoms with E-state index in [1.54, 1.807) is 0 Å². The Morgan fingerprint density at radius 2 is 0.897 bits per heavy atom. The summed E-state index contributed by atoms with van der Waals surface area (Å²) in [7, 11) is 0. The van der Waals surface area contributed by atoms with Crippen LogP contribution in [0.4, 0.5) is 0 Å². The lowest BCUT2D eigenvalue weighted by Crippen LogP contribution is -2.04. The van der Waals surface area contributed by atoms with Gasteiger partial charge in [-0.25, -0.2) is 15.0 Å². The third-order valence-electron chi connectivity index (χ3n) is 11.4. The minimum Gasteiger partial charge on any atom is -0.309 e. The minimum atomic E-state index is 0.633. The van der Waals surface area contributed by atoms with Crippen LogP contribution in [-0.2, 0) is 0 Å². The molecule has 0 N–H and O–H groups in total. The zero-order valence-corrected chi connectivity index (χ0v) is 33.4. The van der Waals surface area contributed by atoms with Crippen molar-refractivity contribution in [2.45, 2.75) is 41.5 Å². The van der Waals surface area contributed by atoms with Gasteiger partial charge < -0.3 is 9.13 Å². The van der Waals surface area contributed by atoms with Crippen molar-refractivity contribution in [2.24, 2.45) is 0 Å². The Labute approximate surface area is 337 Å². The van der Waals surface area contributed by atoms with Crippen molar-refractivity contribution in [3.63, 3.8) is 0 Å². The number of hydrogen-bond donors (Lipinski definition) is 0. The third-order valence-corrected chi connectivity index (χ3v) is 11.4. The Balaban J connectivity index is 1.37. The Hall–Kier alpha value is -7.36. The van der Waals surface area contributed by atoms with Crippen LogP contribution in [0.15, 0.2) is 133 Å². The lowest BCUT2D eigenvalue weighted by atomic mass is 9.93. The van der Waals surface area contributed by atoms with Gasteiger partial charge in [-0.05, 0) is 132 Å². The molecular formula is C52H40N6. The first kappa shape index (κ1) is 35.1. The number of hydrogen-bond acceptors (Lipinski definition) is 4. The molecule has 0 spiro atoms. The number of aryl methyl sites for hydroxylation is 6. The van der Waals surface area contributed by atoms with Crippen LogP contribution in [0, 0.1) is 52.9 Å². The zero-order valence-electron chi connectivity index (χ0n) is 33.4. The van der Waals surface area contributed by atoms with Crippen molar-refractivity contribution in [3.05, 3.63) is 173 Å². The van der Waals surface area contributed by atoms with Crippen LogP contribution in [0.2, 0.25) is 0 Å². The summed E-state index contributed by atoms with van der Waals surface area (Å²) < 4.78 is 4.82. The molecule has 0 fully saturated rings. The second-order valence-electron chi connectivity index (χ2n) is 15.6. The van der Waals surface area contributed by atoms with Gasteiger partial charge in [0.05, 0.1) is 45.1 Å². The molecule has 10 aromatic rings. The number of benzene rings is 7. The van der Waals surface area contributed by atoms with E-state index in [2.05, 4.69) is 157 Å². The van der Waals surface area contributed by atoms with Crippen molar-refractivity contribution in [1.29, 1.82) is 5.26 Å². The van der Waals surface area contributed by atoms with E-state index in [0.717, 1.165) is 61.3 Å². The molecule has 3 heterocycles. The summed E-state index contributed by atoms with van der Waals surface area (Å²) in [5.41, 5.74) is 16.9. The fraction of sp³-hybridized carbons (Fsp3) is 0.115. The van der Waals surface area contributed by atoms with E-state index in [-0.39, 0.29) is 0 Å². The molecule has 3 aromatic heterocycles. The van der Waals surface area contributed by atoms with Crippen LogP contribution in [0.3, 0.4) is 0 Å². The van der Waals surface area contributed by atoms with Crippen molar-refractivity contribution in [3.8, 4) is 51.1 Å². The predicted molar refractivity (Wildman–Crippen MR) is 238 cm³/mol. The zero-order chi connectivity index (χ0) is 39.8. The highest BCUT2D eigenvalue weighted by Gasteiger charge is 2.23. The Morgan fingerprint density at radius 3 is 1.41 bits per heavy atom. The molecule has 278 valence electrons. The van der Waals surface area contributed by atoms with E-state index in [4.69, 9.17) is 9.97 Å². The van der Waals surface area contributed by atoms with Crippen molar-refractivity contribution in [2.75, 3.05) is 0 Å². The predicted octanol–water partition coefficient (Wildman–Crippen LogP) is 12.8. The van der Waals surface area contributed by atoms with Gasteiger partial charge in [0, 0.05) is 38.2 Å². The molecule has 7 aromatic carbocycles. The van der Waals surface area contributed by atoms with Crippen LogP contribution in [-0.4, -0.2) is 24.1 Å². The van der Waals surface area contributed by atoms with E-state index in [1.165, 1.54) is 43.8 Å². The molecule has 0 aliphatic carbocycles. The standard InChI is InChI=1S/C52H40N6/c1-30-11-18-46-41(23-30)42-24-31(2)12-19-47(42)57(46)50-22-16-37(52-55-34(5)54-35(6)56-52)27-45(50)40-17-15-36(39-10-8-7-9-38(39)29-53)28-51(40)58-48-20-13-32(3)25-43(48)44-26-33(4)14-21-49(44)58/h7-28H,1-6H3. The van der Waals surface area contributed by atoms with Gasteiger partial charge in [0.1, 0.15) is 11.6 Å². The minimum absolute atomic E-state index is 0.633. The first-order chi connectivity index (χ1) is 28.1. The molecule has 0 saturated heterocycles. The number of rotatable bonds is 5. The average molecular weight is 749 g/mol. The van der Waals surface area contributed by atoms with Crippen LogP contribution >= 0.6 is 0 Å². The van der Waals surface area contributed by atoms with Crippen molar-refractivity contribution >= 4 is 43.6 Å².